The third-order valence-corrected chi connectivity index (χ3v) is 2.97. The van der Waals surface area contributed by atoms with Gasteiger partial charge in [0.1, 0.15) is 0 Å². The zero-order chi connectivity index (χ0) is 12.4. The molecular weight excluding hydrogens is 198 g/mol. The fourth-order valence-corrected chi connectivity index (χ4v) is 1.66. The molecule has 0 heterocycles. The van der Waals surface area contributed by atoms with Gasteiger partial charge < -0.3 is 10.1 Å². The van der Waals surface area contributed by atoms with Gasteiger partial charge in [-0.05, 0) is 19.3 Å². The first kappa shape index (κ1) is 15.9. The van der Waals surface area contributed by atoms with Gasteiger partial charge in [0.15, 0.2) is 0 Å². The lowest BCUT2D eigenvalue weighted by atomic mass is 10.0. The van der Waals surface area contributed by atoms with E-state index in [0.29, 0.717) is 12.1 Å². The van der Waals surface area contributed by atoms with E-state index in [1.807, 2.05) is 0 Å². The van der Waals surface area contributed by atoms with Crippen molar-refractivity contribution in [3.05, 3.63) is 0 Å². The van der Waals surface area contributed by atoms with Gasteiger partial charge in [-0.15, -0.1) is 0 Å². The molecule has 0 aromatic heterocycles. The lowest BCUT2D eigenvalue weighted by Crippen LogP contribution is -2.32. The summed E-state index contributed by atoms with van der Waals surface area (Å²) < 4.78 is 5.88. The lowest BCUT2D eigenvalue weighted by molar-refractivity contribution is 0.0359. The Kier molecular flexibility index (Phi) is 10.0. The van der Waals surface area contributed by atoms with E-state index in [9.17, 15) is 0 Å². The number of nitrogens with one attached hydrogen (secondary N) is 1. The van der Waals surface area contributed by atoms with Crippen molar-refractivity contribution in [2.75, 3.05) is 13.2 Å². The maximum Gasteiger partial charge on any atom is 0.0671 e. The van der Waals surface area contributed by atoms with Gasteiger partial charge in [-0.1, -0.05) is 47.0 Å². The van der Waals surface area contributed by atoms with Gasteiger partial charge in [0.25, 0.3) is 0 Å². The van der Waals surface area contributed by atoms with Crippen LogP contribution in [-0.2, 0) is 4.74 Å². The van der Waals surface area contributed by atoms with Crippen molar-refractivity contribution in [3.8, 4) is 0 Å². The van der Waals surface area contributed by atoms with Crippen LogP contribution >= 0.6 is 0 Å². The minimum absolute atomic E-state index is 0.332. The Bertz CT molecular complexity index is 148. The van der Waals surface area contributed by atoms with Crippen LogP contribution in [0, 0.1) is 5.92 Å². The van der Waals surface area contributed by atoms with Crippen molar-refractivity contribution in [3.63, 3.8) is 0 Å². The summed E-state index contributed by atoms with van der Waals surface area (Å²) in [4.78, 5) is 0. The maximum atomic E-state index is 5.88. The van der Waals surface area contributed by atoms with Gasteiger partial charge in [0, 0.05) is 19.2 Å². The van der Waals surface area contributed by atoms with Crippen molar-refractivity contribution >= 4 is 0 Å². The monoisotopic (exact) mass is 229 g/mol. The molecule has 98 valence electrons. The van der Waals surface area contributed by atoms with E-state index in [0.717, 1.165) is 19.1 Å². The predicted molar refractivity (Wildman–Crippen MR) is 71.9 cm³/mol. The second kappa shape index (κ2) is 10.1. The molecular formula is C14H31NO. The van der Waals surface area contributed by atoms with Crippen LogP contribution in [0.25, 0.3) is 0 Å². The number of rotatable bonds is 10. The first-order valence-corrected chi connectivity index (χ1v) is 6.95. The van der Waals surface area contributed by atoms with Gasteiger partial charge in [0.05, 0.1) is 6.10 Å². The predicted octanol–water partition coefficient (Wildman–Crippen LogP) is 3.61. The number of unbranched alkanes of at least 4 members (excludes halogenated alkanes) is 1. The smallest absolute Gasteiger partial charge is 0.0671 e. The van der Waals surface area contributed by atoms with Crippen LogP contribution in [0.4, 0.5) is 0 Å². The van der Waals surface area contributed by atoms with Crippen molar-refractivity contribution in [2.24, 2.45) is 5.92 Å². The largest absolute Gasteiger partial charge is 0.377 e. The van der Waals surface area contributed by atoms with Crippen LogP contribution in [0.1, 0.15) is 60.3 Å². The van der Waals surface area contributed by atoms with E-state index < -0.39 is 0 Å². The number of hydrogen-bond donors (Lipinski definition) is 1. The summed E-state index contributed by atoms with van der Waals surface area (Å²) in [5.74, 6) is 0.751. The topological polar surface area (TPSA) is 21.3 Å². The lowest BCUT2D eigenvalue weighted by Gasteiger charge is -2.20. The van der Waals surface area contributed by atoms with Gasteiger partial charge in [-0.2, -0.15) is 0 Å². The zero-order valence-electron chi connectivity index (χ0n) is 11.9. The Morgan fingerprint density at radius 1 is 1.12 bits per heavy atom. The highest BCUT2D eigenvalue weighted by atomic mass is 16.5. The summed E-state index contributed by atoms with van der Waals surface area (Å²) in [6.45, 7) is 12.9. The van der Waals surface area contributed by atoms with Gasteiger partial charge in [0.2, 0.25) is 0 Å². The van der Waals surface area contributed by atoms with Crippen molar-refractivity contribution in [2.45, 2.75) is 72.4 Å². The summed E-state index contributed by atoms with van der Waals surface area (Å²) in [5.41, 5.74) is 0. The maximum absolute atomic E-state index is 5.88. The van der Waals surface area contributed by atoms with E-state index in [2.05, 4.69) is 39.9 Å². The Labute approximate surface area is 102 Å². The molecule has 2 atom stereocenters. The molecule has 2 heteroatoms. The van der Waals surface area contributed by atoms with Gasteiger partial charge in [-0.3, -0.25) is 0 Å². The van der Waals surface area contributed by atoms with Crippen LogP contribution < -0.4 is 5.32 Å². The van der Waals surface area contributed by atoms with Crippen molar-refractivity contribution in [1.82, 2.24) is 5.32 Å². The average Bonchev–Trinajstić information content (AvgIpc) is 2.26. The van der Waals surface area contributed by atoms with Crippen LogP contribution in [0.5, 0.6) is 0 Å². The minimum atomic E-state index is 0.332. The molecule has 0 aromatic carbocycles. The minimum Gasteiger partial charge on any atom is -0.377 e. The van der Waals surface area contributed by atoms with Gasteiger partial charge >= 0.3 is 0 Å². The average molecular weight is 229 g/mol. The van der Waals surface area contributed by atoms with Crippen molar-refractivity contribution in [1.29, 1.82) is 0 Å². The third-order valence-electron chi connectivity index (χ3n) is 2.97. The van der Waals surface area contributed by atoms with Crippen LogP contribution in [0.3, 0.4) is 0 Å². The molecule has 2 unspecified atom stereocenters. The van der Waals surface area contributed by atoms with Crippen LogP contribution in [0.2, 0.25) is 0 Å². The normalized spacial score (nSPS) is 15.4. The molecule has 0 amide bonds. The standard InChI is InChI=1S/C14H31NO/c1-6-8-9-14(7-2)11-16-13(5)10-15-12(3)4/h12-15H,6-11H2,1-5H3. The molecule has 0 rings (SSSR count). The Balaban J connectivity index is 3.57. The second-order valence-electron chi connectivity index (χ2n) is 5.12. The highest BCUT2D eigenvalue weighted by Gasteiger charge is 2.09. The quantitative estimate of drug-likeness (QED) is 0.618. The molecule has 0 bridgehead atoms. The molecule has 0 fully saturated rings. The highest BCUT2D eigenvalue weighted by molar-refractivity contribution is 4.61. The van der Waals surface area contributed by atoms with E-state index in [-0.39, 0.29) is 0 Å². The van der Waals surface area contributed by atoms with Crippen molar-refractivity contribution < 1.29 is 4.74 Å². The zero-order valence-corrected chi connectivity index (χ0v) is 11.9. The SMILES string of the molecule is CCCCC(CC)COC(C)CNC(C)C. The first-order chi connectivity index (χ1) is 7.60. The van der Waals surface area contributed by atoms with Gasteiger partial charge in [-0.25, -0.2) is 0 Å². The molecule has 0 aromatic rings. The molecule has 0 radical (unpaired) electrons. The van der Waals surface area contributed by atoms with Crippen LogP contribution in [0.15, 0.2) is 0 Å². The molecule has 0 aliphatic carbocycles. The molecule has 0 aliphatic heterocycles. The Hall–Kier alpha value is -0.0800. The summed E-state index contributed by atoms with van der Waals surface area (Å²) in [7, 11) is 0. The molecule has 0 aliphatic rings. The summed E-state index contributed by atoms with van der Waals surface area (Å²) >= 11 is 0. The summed E-state index contributed by atoms with van der Waals surface area (Å²) in [5, 5.41) is 3.41. The fraction of sp³-hybridized carbons (Fsp3) is 1.00. The Morgan fingerprint density at radius 2 is 1.81 bits per heavy atom. The van der Waals surface area contributed by atoms with E-state index in [1.165, 1.54) is 25.7 Å². The highest BCUT2D eigenvalue weighted by Crippen LogP contribution is 2.13. The molecule has 1 N–H and O–H groups in total. The second-order valence-corrected chi connectivity index (χ2v) is 5.12. The molecule has 16 heavy (non-hydrogen) atoms. The van der Waals surface area contributed by atoms with E-state index in [4.69, 9.17) is 4.74 Å². The van der Waals surface area contributed by atoms with Crippen LogP contribution in [-0.4, -0.2) is 25.3 Å². The first-order valence-electron chi connectivity index (χ1n) is 6.95. The summed E-state index contributed by atoms with van der Waals surface area (Å²) in [6, 6.07) is 0.549. The third kappa shape index (κ3) is 9.17. The summed E-state index contributed by atoms with van der Waals surface area (Å²) in [6.07, 6.45) is 5.52. The number of hydrogen-bond acceptors (Lipinski definition) is 2. The molecule has 2 nitrogen and oxygen atoms in total. The Morgan fingerprint density at radius 3 is 2.31 bits per heavy atom. The number of ether oxygens (including phenoxy) is 1. The molecule has 0 saturated carbocycles. The van der Waals surface area contributed by atoms with E-state index >= 15 is 0 Å². The fourth-order valence-electron chi connectivity index (χ4n) is 1.66. The van der Waals surface area contributed by atoms with E-state index in [1.54, 1.807) is 0 Å². The molecule has 0 spiro atoms. The molecule has 0 saturated heterocycles.